The predicted molar refractivity (Wildman–Crippen MR) is 111 cm³/mol. The quantitative estimate of drug-likeness (QED) is 0.697. The molecule has 0 fully saturated rings. The minimum Gasteiger partial charge on any atom is -0.354 e. The van der Waals surface area contributed by atoms with Gasteiger partial charge in [0.25, 0.3) is 5.91 Å². The van der Waals surface area contributed by atoms with E-state index in [1.54, 1.807) is 17.0 Å². The number of rotatable bonds is 9. The Morgan fingerprint density at radius 2 is 1.71 bits per heavy atom. The van der Waals surface area contributed by atoms with Crippen molar-refractivity contribution in [1.82, 2.24) is 20.2 Å². The first-order chi connectivity index (χ1) is 13.3. The molecule has 0 bridgehead atoms. The molecular formula is C22H32N4O2. The van der Waals surface area contributed by atoms with Crippen LogP contribution in [0.15, 0.2) is 30.6 Å². The van der Waals surface area contributed by atoms with Gasteiger partial charge in [0.1, 0.15) is 0 Å². The van der Waals surface area contributed by atoms with Crippen molar-refractivity contribution in [3.63, 3.8) is 0 Å². The van der Waals surface area contributed by atoms with E-state index in [4.69, 9.17) is 0 Å². The molecule has 0 spiro atoms. The first kappa shape index (κ1) is 21.7. The first-order valence-corrected chi connectivity index (χ1v) is 9.97. The third kappa shape index (κ3) is 6.51. The molecule has 6 heteroatoms. The monoisotopic (exact) mass is 384 g/mol. The summed E-state index contributed by atoms with van der Waals surface area (Å²) in [6, 6.07) is 6.30. The van der Waals surface area contributed by atoms with Gasteiger partial charge in [0, 0.05) is 37.4 Å². The number of carbonyl (C=O) groups is 2. The van der Waals surface area contributed by atoms with Gasteiger partial charge in [-0.1, -0.05) is 29.3 Å². The lowest BCUT2D eigenvalue weighted by atomic mass is 10.0. The van der Waals surface area contributed by atoms with Crippen LogP contribution in [0, 0.1) is 13.8 Å². The third-order valence-corrected chi connectivity index (χ3v) is 4.67. The molecule has 2 aromatic rings. The van der Waals surface area contributed by atoms with Crippen molar-refractivity contribution >= 4 is 11.8 Å². The number of carbonyl (C=O) groups excluding carboxylic acids is 2. The lowest BCUT2D eigenvalue weighted by molar-refractivity contribution is -0.121. The van der Waals surface area contributed by atoms with Crippen LogP contribution in [0.2, 0.25) is 0 Å². The van der Waals surface area contributed by atoms with Gasteiger partial charge in [-0.2, -0.15) is 0 Å². The molecule has 0 radical (unpaired) electrons. The molecule has 28 heavy (non-hydrogen) atoms. The Morgan fingerprint density at radius 1 is 1.07 bits per heavy atom. The SMILES string of the molecule is CCn1ccnc1C(=O)NC(C)CC(C)NC(=O)CCc1cc(C)cc(C)c1. The van der Waals surface area contributed by atoms with E-state index in [9.17, 15) is 9.59 Å². The number of amides is 2. The molecule has 1 aromatic carbocycles. The van der Waals surface area contributed by atoms with Gasteiger partial charge >= 0.3 is 0 Å². The Hall–Kier alpha value is -2.63. The molecule has 1 aromatic heterocycles. The molecule has 2 atom stereocenters. The Kier molecular flexibility index (Phi) is 7.79. The number of nitrogens with one attached hydrogen (secondary N) is 2. The summed E-state index contributed by atoms with van der Waals surface area (Å²) in [5.41, 5.74) is 3.63. The maximum absolute atomic E-state index is 12.3. The molecule has 0 aliphatic carbocycles. The highest BCUT2D eigenvalue weighted by Gasteiger charge is 2.17. The summed E-state index contributed by atoms with van der Waals surface area (Å²) in [6.45, 7) is 10.7. The fourth-order valence-electron chi connectivity index (χ4n) is 3.53. The van der Waals surface area contributed by atoms with Crippen LogP contribution in [0.25, 0.3) is 0 Å². The summed E-state index contributed by atoms with van der Waals surface area (Å²) in [5, 5.41) is 5.99. The maximum atomic E-state index is 12.3. The molecule has 1 heterocycles. The number of hydrogen-bond acceptors (Lipinski definition) is 3. The van der Waals surface area contributed by atoms with Gasteiger partial charge in [-0.3, -0.25) is 9.59 Å². The van der Waals surface area contributed by atoms with Gasteiger partial charge in [-0.05, 0) is 53.0 Å². The molecule has 6 nitrogen and oxygen atoms in total. The van der Waals surface area contributed by atoms with Gasteiger partial charge in [0.2, 0.25) is 5.91 Å². The maximum Gasteiger partial charge on any atom is 0.287 e. The highest BCUT2D eigenvalue weighted by molar-refractivity contribution is 5.90. The third-order valence-electron chi connectivity index (χ3n) is 4.67. The number of nitrogens with zero attached hydrogens (tertiary/aromatic N) is 2. The molecule has 2 unspecified atom stereocenters. The molecule has 152 valence electrons. The molecule has 0 saturated carbocycles. The van der Waals surface area contributed by atoms with Gasteiger partial charge in [-0.25, -0.2) is 4.98 Å². The summed E-state index contributed by atoms with van der Waals surface area (Å²) in [7, 11) is 0. The largest absolute Gasteiger partial charge is 0.354 e. The zero-order chi connectivity index (χ0) is 20.7. The summed E-state index contributed by atoms with van der Waals surface area (Å²) >= 11 is 0. The average Bonchev–Trinajstić information content (AvgIpc) is 3.07. The second-order valence-electron chi connectivity index (χ2n) is 7.61. The van der Waals surface area contributed by atoms with E-state index in [2.05, 4.69) is 47.7 Å². The zero-order valence-corrected chi connectivity index (χ0v) is 17.6. The average molecular weight is 385 g/mol. The summed E-state index contributed by atoms with van der Waals surface area (Å²) < 4.78 is 1.81. The highest BCUT2D eigenvalue weighted by Crippen LogP contribution is 2.11. The normalized spacial score (nSPS) is 13.0. The fourth-order valence-corrected chi connectivity index (χ4v) is 3.53. The Balaban J connectivity index is 1.76. The van der Waals surface area contributed by atoms with Crippen molar-refractivity contribution in [1.29, 1.82) is 0 Å². The molecule has 0 aliphatic rings. The van der Waals surface area contributed by atoms with Crippen molar-refractivity contribution in [3.8, 4) is 0 Å². The fraction of sp³-hybridized carbons (Fsp3) is 0.500. The van der Waals surface area contributed by atoms with Crippen molar-refractivity contribution < 1.29 is 9.59 Å². The number of hydrogen-bond donors (Lipinski definition) is 2. The predicted octanol–water partition coefficient (Wildman–Crippen LogP) is 3.17. The van der Waals surface area contributed by atoms with E-state index >= 15 is 0 Å². The number of benzene rings is 1. The second-order valence-corrected chi connectivity index (χ2v) is 7.61. The zero-order valence-electron chi connectivity index (χ0n) is 17.6. The Labute approximate surface area is 167 Å². The van der Waals surface area contributed by atoms with Gasteiger partial charge in [0.15, 0.2) is 5.82 Å². The topological polar surface area (TPSA) is 76.0 Å². The van der Waals surface area contributed by atoms with E-state index in [1.165, 1.54) is 16.7 Å². The van der Waals surface area contributed by atoms with Gasteiger partial charge in [-0.15, -0.1) is 0 Å². The summed E-state index contributed by atoms with van der Waals surface area (Å²) in [4.78, 5) is 28.7. The van der Waals surface area contributed by atoms with Crippen LogP contribution >= 0.6 is 0 Å². The van der Waals surface area contributed by atoms with Crippen LogP contribution in [0.1, 0.15) is 60.9 Å². The van der Waals surface area contributed by atoms with E-state index in [0.717, 1.165) is 6.42 Å². The lowest BCUT2D eigenvalue weighted by Gasteiger charge is -2.20. The van der Waals surface area contributed by atoms with Crippen molar-refractivity contribution in [2.75, 3.05) is 0 Å². The lowest BCUT2D eigenvalue weighted by Crippen LogP contribution is -2.41. The van der Waals surface area contributed by atoms with E-state index in [0.29, 0.717) is 25.2 Å². The van der Waals surface area contributed by atoms with E-state index in [1.807, 2.05) is 20.8 Å². The smallest absolute Gasteiger partial charge is 0.287 e. The number of aromatic nitrogens is 2. The molecule has 2 rings (SSSR count). The highest BCUT2D eigenvalue weighted by atomic mass is 16.2. The van der Waals surface area contributed by atoms with Crippen LogP contribution in [-0.4, -0.2) is 33.4 Å². The molecule has 0 aliphatic heterocycles. The van der Waals surface area contributed by atoms with Crippen LogP contribution in [-0.2, 0) is 17.8 Å². The second kappa shape index (κ2) is 10.1. The van der Waals surface area contributed by atoms with Crippen molar-refractivity contribution in [2.24, 2.45) is 0 Å². The van der Waals surface area contributed by atoms with Crippen LogP contribution in [0.4, 0.5) is 0 Å². The Bertz CT molecular complexity index is 792. The minimum atomic E-state index is -0.187. The Morgan fingerprint density at radius 3 is 2.36 bits per heavy atom. The molecule has 2 amide bonds. The molecule has 2 N–H and O–H groups in total. The van der Waals surface area contributed by atoms with E-state index in [-0.39, 0.29) is 23.9 Å². The van der Waals surface area contributed by atoms with Gasteiger partial charge in [0.05, 0.1) is 0 Å². The van der Waals surface area contributed by atoms with Crippen molar-refractivity contribution in [3.05, 3.63) is 53.1 Å². The first-order valence-electron chi connectivity index (χ1n) is 9.97. The van der Waals surface area contributed by atoms with Crippen LogP contribution < -0.4 is 10.6 Å². The number of aryl methyl sites for hydroxylation is 4. The summed E-state index contributed by atoms with van der Waals surface area (Å²) in [6.07, 6.45) is 5.27. The molecular weight excluding hydrogens is 352 g/mol. The van der Waals surface area contributed by atoms with Gasteiger partial charge < -0.3 is 15.2 Å². The minimum absolute atomic E-state index is 0.0204. The van der Waals surface area contributed by atoms with Crippen molar-refractivity contribution in [2.45, 2.75) is 72.5 Å². The number of imidazole rings is 1. The van der Waals surface area contributed by atoms with Crippen LogP contribution in [0.5, 0.6) is 0 Å². The standard InChI is InChI=1S/C22H32N4O2/c1-6-26-10-9-23-21(26)22(28)25-18(5)14-17(4)24-20(27)8-7-19-12-15(2)11-16(3)13-19/h9-13,17-18H,6-8,14H2,1-5H3,(H,24,27)(H,25,28). The summed E-state index contributed by atoms with van der Waals surface area (Å²) in [5.74, 6) is 0.263. The van der Waals surface area contributed by atoms with Crippen LogP contribution in [0.3, 0.4) is 0 Å². The van der Waals surface area contributed by atoms with E-state index < -0.39 is 0 Å². The molecule has 0 saturated heterocycles.